The van der Waals surface area contributed by atoms with Crippen molar-refractivity contribution in [2.45, 2.75) is 70.9 Å². The zero-order valence-electron chi connectivity index (χ0n) is 13.1. The second-order valence-corrected chi connectivity index (χ2v) is 7.71. The minimum atomic E-state index is 0.458. The van der Waals surface area contributed by atoms with Crippen molar-refractivity contribution in [3.05, 3.63) is 0 Å². The van der Waals surface area contributed by atoms with Crippen LogP contribution in [0, 0.1) is 17.8 Å². The van der Waals surface area contributed by atoms with Crippen LogP contribution in [0.25, 0.3) is 0 Å². The van der Waals surface area contributed by atoms with Gasteiger partial charge in [0.25, 0.3) is 0 Å². The van der Waals surface area contributed by atoms with Crippen molar-refractivity contribution in [2.24, 2.45) is 17.8 Å². The molecule has 3 atom stereocenters. The van der Waals surface area contributed by atoms with Gasteiger partial charge >= 0.3 is 0 Å². The molecule has 3 unspecified atom stereocenters. The molecule has 2 aliphatic carbocycles. The van der Waals surface area contributed by atoms with Gasteiger partial charge in [0, 0.05) is 31.2 Å². The van der Waals surface area contributed by atoms with E-state index in [9.17, 15) is 0 Å². The SMILES string of the molecule is CCC(C)C1CN(CC2CCC2)C(C)(C2CC2)CN1. The third kappa shape index (κ3) is 2.71. The number of rotatable bonds is 5. The van der Waals surface area contributed by atoms with E-state index in [1.54, 1.807) is 0 Å². The molecular weight excluding hydrogens is 232 g/mol. The molecule has 0 amide bonds. The summed E-state index contributed by atoms with van der Waals surface area (Å²) < 4.78 is 0. The first-order chi connectivity index (χ1) is 9.13. The topological polar surface area (TPSA) is 15.3 Å². The average molecular weight is 264 g/mol. The molecule has 0 aromatic rings. The standard InChI is InChI=1S/C17H32N2/c1-4-13(2)16-11-19(10-14-6-5-7-14)17(3,12-18-16)15-8-9-15/h13-16,18H,4-12H2,1-3H3. The van der Waals surface area contributed by atoms with Gasteiger partial charge in [-0.25, -0.2) is 0 Å². The Morgan fingerprint density at radius 3 is 2.53 bits per heavy atom. The molecule has 3 fully saturated rings. The van der Waals surface area contributed by atoms with Gasteiger partial charge in [-0.2, -0.15) is 0 Å². The summed E-state index contributed by atoms with van der Waals surface area (Å²) in [5.74, 6) is 2.79. The third-order valence-corrected chi connectivity index (χ3v) is 6.35. The fourth-order valence-electron chi connectivity index (χ4n) is 4.00. The van der Waals surface area contributed by atoms with Gasteiger partial charge in [-0.3, -0.25) is 4.90 Å². The molecule has 1 heterocycles. The maximum Gasteiger partial charge on any atom is 0.0334 e. The molecule has 3 rings (SSSR count). The average Bonchev–Trinajstić information content (AvgIpc) is 3.19. The fourth-order valence-corrected chi connectivity index (χ4v) is 4.00. The minimum absolute atomic E-state index is 0.458. The Labute approximate surface area is 119 Å². The molecule has 2 saturated carbocycles. The molecule has 2 nitrogen and oxygen atoms in total. The van der Waals surface area contributed by atoms with Crippen molar-refractivity contribution in [3.63, 3.8) is 0 Å². The van der Waals surface area contributed by atoms with Crippen LogP contribution >= 0.6 is 0 Å². The van der Waals surface area contributed by atoms with Crippen LogP contribution < -0.4 is 5.32 Å². The molecule has 1 N–H and O–H groups in total. The number of piperazine rings is 1. The summed E-state index contributed by atoms with van der Waals surface area (Å²) in [6.07, 6.45) is 8.68. The van der Waals surface area contributed by atoms with E-state index >= 15 is 0 Å². The highest BCUT2D eigenvalue weighted by Gasteiger charge is 2.49. The van der Waals surface area contributed by atoms with E-state index in [4.69, 9.17) is 0 Å². The summed E-state index contributed by atoms with van der Waals surface area (Å²) in [7, 11) is 0. The van der Waals surface area contributed by atoms with Crippen LogP contribution in [0.3, 0.4) is 0 Å². The normalized spacial score (nSPS) is 39.0. The van der Waals surface area contributed by atoms with Crippen molar-refractivity contribution >= 4 is 0 Å². The smallest absolute Gasteiger partial charge is 0.0334 e. The molecule has 0 bridgehead atoms. The maximum absolute atomic E-state index is 3.88. The first-order valence-electron chi connectivity index (χ1n) is 8.62. The van der Waals surface area contributed by atoms with Gasteiger partial charge in [0.15, 0.2) is 0 Å². The van der Waals surface area contributed by atoms with Crippen molar-refractivity contribution in [1.82, 2.24) is 10.2 Å². The summed E-state index contributed by atoms with van der Waals surface area (Å²) >= 11 is 0. The molecule has 19 heavy (non-hydrogen) atoms. The summed E-state index contributed by atoms with van der Waals surface area (Å²) in [5, 5.41) is 3.88. The Hall–Kier alpha value is -0.0800. The maximum atomic E-state index is 3.88. The first-order valence-corrected chi connectivity index (χ1v) is 8.62. The monoisotopic (exact) mass is 264 g/mol. The summed E-state index contributed by atoms with van der Waals surface area (Å²) in [5.41, 5.74) is 0.458. The van der Waals surface area contributed by atoms with Crippen molar-refractivity contribution in [2.75, 3.05) is 19.6 Å². The van der Waals surface area contributed by atoms with E-state index in [2.05, 4.69) is 31.0 Å². The van der Waals surface area contributed by atoms with E-state index in [0.29, 0.717) is 5.54 Å². The molecule has 3 aliphatic rings. The van der Waals surface area contributed by atoms with Gasteiger partial charge in [0.1, 0.15) is 0 Å². The van der Waals surface area contributed by atoms with E-state index in [0.717, 1.165) is 23.8 Å². The number of hydrogen-bond donors (Lipinski definition) is 1. The quantitative estimate of drug-likeness (QED) is 0.820. The molecule has 0 aromatic carbocycles. The Morgan fingerprint density at radius 2 is 2.00 bits per heavy atom. The third-order valence-electron chi connectivity index (χ3n) is 6.35. The van der Waals surface area contributed by atoms with Gasteiger partial charge in [-0.15, -0.1) is 0 Å². The Bertz CT molecular complexity index is 308. The van der Waals surface area contributed by atoms with Crippen LogP contribution in [0.2, 0.25) is 0 Å². The van der Waals surface area contributed by atoms with E-state index < -0.39 is 0 Å². The predicted octanol–water partition coefficient (Wildman–Crippen LogP) is 3.28. The van der Waals surface area contributed by atoms with Crippen LogP contribution in [-0.4, -0.2) is 36.1 Å². The molecular formula is C17H32N2. The van der Waals surface area contributed by atoms with E-state index in [1.807, 2.05) is 0 Å². The highest BCUT2D eigenvalue weighted by Crippen LogP contribution is 2.45. The van der Waals surface area contributed by atoms with Gasteiger partial charge in [-0.05, 0) is 50.4 Å². The van der Waals surface area contributed by atoms with Crippen LogP contribution in [0.5, 0.6) is 0 Å². The second-order valence-electron chi connectivity index (χ2n) is 7.71. The van der Waals surface area contributed by atoms with Crippen molar-refractivity contribution in [1.29, 1.82) is 0 Å². The molecule has 1 aliphatic heterocycles. The van der Waals surface area contributed by atoms with Crippen LogP contribution in [0.15, 0.2) is 0 Å². The lowest BCUT2D eigenvalue weighted by atomic mass is 9.81. The summed E-state index contributed by atoms with van der Waals surface area (Å²) in [4.78, 5) is 2.89. The van der Waals surface area contributed by atoms with Gasteiger partial charge in [-0.1, -0.05) is 26.7 Å². The highest BCUT2D eigenvalue weighted by molar-refractivity contribution is 5.05. The van der Waals surface area contributed by atoms with Crippen LogP contribution in [-0.2, 0) is 0 Å². The second kappa shape index (κ2) is 5.37. The fraction of sp³-hybridized carbons (Fsp3) is 1.00. The zero-order valence-corrected chi connectivity index (χ0v) is 13.1. The van der Waals surface area contributed by atoms with Crippen LogP contribution in [0.1, 0.15) is 59.3 Å². The predicted molar refractivity (Wildman–Crippen MR) is 81.3 cm³/mol. The largest absolute Gasteiger partial charge is 0.311 e. The Morgan fingerprint density at radius 1 is 1.26 bits per heavy atom. The molecule has 0 aromatic heterocycles. The van der Waals surface area contributed by atoms with Gasteiger partial charge in [0.2, 0.25) is 0 Å². The molecule has 110 valence electrons. The molecule has 0 radical (unpaired) electrons. The first kappa shape index (κ1) is 13.9. The number of nitrogens with one attached hydrogen (secondary N) is 1. The summed E-state index contributed by atoms with van der Waals surface area (Å²) in [6.45, 7) is 11.2. The summed E-state index contributed by atoms with van der Waals surface area (Å²) in [6, 6.07) is 0.719. The molecule has 2 heteroatoms. The van der Waals surface area contributed by atoms with Crippen LogP contribution in [0.4, 0.5) is 0 Å². The van der Waals surface area contributed by atoms with Gasteiger partial charge < -0.3 is 5.32 Å². The zero-order chi connectivity index (χ0) is 13.5. The number of nitrogens with zero attached hydrogens (tertiary/aromatic N) is 1. The Balaban J connectivity index is 1.67. The lowest BCUT2D eigenvalue weighted by Gasteiger charge is -2.51. The molecule has 1 saturated heterocycles. The van der Waals surface area contributed by atoms with Gasteiger partial charge in [0.05, 0.1) is 0 Å². The highest BCUT2D eigenvalue weighted by atomic mass is 15.3. The lowest BCUT2D eigenvalue weighted by molar-refractivity contribution is 0.00161. The van der Waals surface area contributed by atoms with Crippen molar-refractivity contribution in [3.8, 4) is 0 Å². The van der Waals surface area contributed by atoms with E-state index in [1.165, 1.54) is 58.2 Å². The van der Waals surface area contributed by atoms with Crippen molar-refractivity contribution < 1.29 is 0 Å². The lowest BCUT2D eigenvalue weighted by Crippen LogP contribution is -2.66. The minimum Gasteiger partial charge on any atom is -0.311 e. The Kier molecular flexibility index (Phi) is 3.92. The number of hydrogen-bond acceptors (Lipinski definition) is 2. The van der Waals surface area contributed by atoms with E-state index in [-0.39, 0.29) is 0 Å². The molecule has 0 spiro atoms.